The number of anilines is 1. The van der Waals surface area contributed by atoms with E-state index in [4.69, 9.17) is 4.74 Å². The van der Waals surface area contributed by atoms with Crippen LogP contribution in [0.5, 0.6) is 5.75 Å². The lowest BCUT2D eigenvalue weighted by atomic mass is 9.96. The average molecular weight is 356 g/mol. The molecule has 0 aliphatic carbocycles. The third-order valence-corrected chi connectivity index (χ3v) is 4.69. The van der Waals surface area contributed by atoms with E-state index in [-0.39, 0.29) is 17.9 Å². The molecule has 7 heteroatoms. The molecule has 1 atom stereocenters. The summed E-state index contributed by atoms with van der Waals surface area (Å²) >= 11 is 0. The van der Waals surface area contributed by atoms with Gasteiger partial charge in [-0.1, -0.05) is 12.1 Å². The van der Waals surface area contributed by atoms with Gasteiger partial charge in [0.2, 0.25) is 11.8 Å². The molecule has 0 spiro atoms. The van der Waals surface area contributed by atoms with Crippen molar-refractivity contribution in [3.63, 3.8) is 0 Å². The first-order valence-electron chi connectivity index (χ1n) is 8.66. The molecule has 1 aliphatic heterocycles. The fourth-order valence-corrected chi connectivity index (χ4v) is 3.22. The van der Waals surface area contributed by atoms with Gasteiger partial charge in [0.25, 0.3) is 0 Å². The van der Waals surface area contributed by atoms with Crippen molar-refractivity contribution in [1.29, 1.82) is 0 Å². The van der Waals surface area contributed by atoms with E-state index in [1.807, 2.05) is 28.8 Å². The highest BCUT2D eigenvalue weighted by Gasteiger charge is 2.38. The van der Waals surface area contributed by atoms with E-state index in [1.54, 1.807) is 20.5 Å². The number of carbonyl (C=O) groups excluding carboxylic acids is 2. The van der Waals surface area contributed by atoms with E-state index in [0.717, 1.165) is 17.0 Å². The maximum Gasteiger partial charge on any atom is 0.240 e. The number of benzene rings is 1. The van der Waals surface area contributed by atoms with Crippen molar-refractivity contribution in [2.45, 2.75) is 32.9 Å². The summed E-state index contributed by atoms with van der Waals surface area (Å²) in [7, 11) is 3.27. The first kappa shape index (κ1) is 18.0. The van der Waals surface area contributed by atoms with Crippen molar-refractivity contribution in [3.8, 4) is 5.75 Å². The molecule has 26 heavy (non-hydrogen) atoms. The molecule has 3 rings (SSSR count). The summed E-state index contributed by atoms with van der Waals surface area (Å²) in [6.07, 6.45) is 2.09. The lowest BCUT2D eigenvalue weighted by Gasteiger charge is -2.29. The van der Waals surface area contributed by atoms with Crippen LogP contribution < -0.4 is 15.0 Å². The standard InChI is InChI=1S/C19H24N4O3/c1-12(2)23-11-21-17-16(23)9-15(19(25)22(17)3)18(24)20-10-13-6-5-7-14(8-13)26-4/h5-8,11-12,15H,9-10H2,1-4H3,(H,20,24). The lowest BCUT2D eigenvalue weighted by molar-refractivity contribution is -0.134. The van der Waals surface area contributed by atoms with Crippen LogP contribution in [0.2, 0.25) is 0 Å². The van der Waals surface area contributed by atoms with Crippen molar-refractivity contribution >= 4 is 17.6 Å². The van der Waals surface area contributed by atoms with Gasteiger partial charge in [0.05, 0.1) is 19.1 Å². The fraction of sp³-hybridized carbons (Fsp3) is 0.421. The number of fused-ring (bicyclic) bond motifs is 1. The zero-order valence-electron chi connectivity index (χ0n) is 15.5. The number of nitrogens with zero attached hydrogens (tertiary/aromatic N) is 3. The predicted octanol–water partition coefficient (Wildman–Crippen LogP) is 1.92. The van der Waals surface area contributed by atoms with Crippen LogP contribution in [0.25, 0.3) is 0 Å². The maximum atomic E-state index is 12.7. The number of hydrogen-bond acceptors (Lipinski definition) is 4. The fourth-order valence-electron chi connectivity index (χ4n) is 3.22. The Hall–Kier alpha value is -2.83. The van der Waals surface area contributed by atoms with E-state index in [9.17, 15) is 9.59 Å². The number of nitrogens with one attached hydrogen (secondary N) is 1. The number of hydrogen-bond donors (Lipinski definition) is 1. The van der Waals surface area contributed by atoms with E-state index in [0.29, 0.717) is 18.8 Å². The monoisotopic (exact) mass is 356 g/mol. The Kier molecular flexibility index (Phi) is 4.97. The van der Waals surface area contributed by atoms with Crippen molar-refractivity contribution in [2.75, 3.05) is 19.1 Å². The minimum Gasteiger partial charge on any atom is -0.497 e. The zero-order chi connectivity index (χ0) is 18.8. The van der Waals surface area contributed by atoms with Crippen molar-refractivity contribution in [3.05, 3.63) is 41.9 Å². The van der Waals surface area contributed by atoms with Crippen molar-refractivity contribution in [1.82, 2.24) is 14.9 Å². The summed E-state index contributed by atoms with van der Waals surface area (Å²) in [6, 6.07) is 7.70. The van der Waals surface area contributed by atoms with Crippen molar-refractivity contribution in [2.24, 2.45) is 5.92 Å². The third kappa shape index (κ3) is 3.29. The molecule has 1 N–H and O–H groups in total. The van der Waals surface area contributed by atoms with Crippen LogP contribution in [0.4, 0.5) is 5.82 Å². The Morgan fingerprint density at radius 2 is 2.19 bits per heavy atom. The number of methoxy groups -OCH3 is 1. The van der Waals surface area contributed by atoms with Crippen LogP contribution in [0.1, 0.15) is 31.1 Å². The SMILES string of the molecule is COc1cccc(CNC(=O)C2Cc3c(ncn3C(C)C)N(C)C2=O)c1. The Morgan fingerprint density at radius 3 is 2.88 bits per heavy atom. The van der Waals surface area contributed by atoms with Gasteiger partial charge >= 0.3 is 0 Å². The Labute approximate surface area is 153 Å². The minimum absolute atomic E-state index is 0.216. The highest BCUT2D eigenvalue weighted by atomic mass is 16.5. The second kappa shape index (κ2) is 7.19. The summed E-state index contributed by atoms with van der Waals surface area (Å²) < 4.78 is 7.21. The van der Waals surface area contributed by atoms with Gasteiger partial charge in [0, 0.05) is 26.1 Å². The number of amides is 2. The minimum atomic E-state index is -0.743. The highest BCUT2D eigenvalue weighted by Crippen LogP contribution is 2.30. The van der Waals surface area contributed by atoms with Gasteiger partial charge in [-0.25, -0.2) is 4.98 Å². The van der Waals surface area contributed by atoms with Gasteiger partial charge in [-0.15, -0.1) is 0 Å². The van der Waals surface area contributed by atoms with Crippen LogP contribution in [-0.2, 0) is 22.6 Å². The molecule has 1 aromatic heterocycles. The molecule has 2 amide bonds. The number of aromatic nitrogens is 2. The molecule has 1 unspecified atom stereocenters. The molecule has 1 aliphatic rings. The maximum absolute atomic E-state index is 12.7. The average Bonchev–Trinajstić information content (AvgIpc) is 3.07. The highest BCUT2D eigenvalue weighted by molar-refractivity contribution is 6.09. The predicted molar refractivity (Wildman–Crippen MR) is 98.1 cm³/mol. The number of ether oxygens (including phenoxy) is 1. The molecule has 0 saturated carbocycles. The lowest BCUT2D eigenvalue weighted by Crippen LogP contribution is -2.46. The molecule has 138 valence electrons. The van der Waals surface area contributed by atoms with E-state index < -0.39 is 5.92 Å². The molecular formula is C19H24N4O3. The summed E-state index contributed by atoms with van der Waals surface area (Å²) in [5, 5.41) is 2.87. The Bertz CT molecular complexity index is 828. The van der Waals surface area contributed by atoms with Crippen molar-refractivity contribution < 1.29 is 14.3 Å². The first-order chi connectivity index (χ1) is 12.4. The second-order valence-electron chi connectivity index (χ2n) is 6.74. The van der Waals surface area contributed by atoms with E-state index >= 15 is 0 Å². The molecule has 0 radical (unpaired) electrons. The van der Waals surface area contributed by atoms with Gasteiger partial charge in [0.15, 0.2) is 5.82 Å². The van der Waals surface area contributed by atoms with Gasteiger partial charge in [0.1, 0.15) is 11.7 Å². The molecule has 2 heterocycles. The smallest absolute Gasteiger partial charge is 0.240 e. The van der Waals surface area contributed by atoms with Crippen LogP contribution in [-0.4, -0.2) is 35.5 Å². The van der Waals surface area contributed by atoms with Gasteiger partial charge < -0.3 is 14.6 Å². The topological polar surface area (TPSA) is 76.5 Å². The summed E-state index contributed by atoms with van der Waals surface area (Å²) in [5.74, 6) is 0.130. The Balaban J connectivity index is 1.74. The van der Waals surface area contributed by atoms with E-state index in [1.165, 1.54) is 4.90 Å². The van der Waals surface area contributed by atoms with Crippen LogP contribution in [0.3, 0.4) is 0 Å². The molecule has 2 aromatic rings. The van der Waals surface area contributed by atoms with Crippen LogP contribution in [0, 0.1) is 5.92 Å². The van der Waals surface area contributed by atoms with Crippen LogP contribution >= 0.6 is 0 Å². The van der Waals surface area contributed by atoms with Crippen LogP contribution in [0.15, 0.2) is 30.6 Å². The Morgan fingerprint density at radius 1 is 1.42 bits per heavy atom. The second-order valence-corrected chi connectivity index (χ2v) is 6.74. The molecular weight excluding hydrogens is 332 g/mol. The third-order valence-electron chi connectivity index (χ3n) is 4.69. The molecule has 0 saturated heterocycles. The van der Waals surface area contributed by atoms with Gasteiger partial charge in [-0.3, -0.25) is 14.5 Å². The van der Waals surface area contributed by atoms with Gasteiger partial charge in [-0.05, 0) is 31.5 Å². The number of carbonyl (C=O) groups is 2. The molecule has 7 nitrogen and oxygen atoms in total. The molecule has 0 bridgehead atoms. The van der Waals surface area contributed by atoms with Gasteiger partial charge in [-0.2, -0.15) is 0 Å². The molecule has 1 aromatic carbocycles. The normalized spacial score (nSPS) is 16.6. The zero-order valence-corrected chi connectivity index (χ0v) is 15.5. The van der Waals surface area contributed by atoms with E-state index in [2.05, 4.69) is 24.1 Å². The largest absolute Gasteiger partial charge is 0.497 e. The number of rotatable bonds is 5. The quantitative estimate of drug-likeness (QED) is 0.831. The summed E-state index contributed by atoms with van der Waals surface area (Å²) in [6.45, 7) is 4.45. The summed E-state index contributed by atoms with van der Waals surface area (Å²) in [4.78, 5) is 31.1. The number of imidazole rings is 1. The first-order valence-corrected chi connectivity index (χ1v) is 8.66. The molecule has 0 fully saturated rings. The summed E-state index contributed by atoms with van der Waals surface area (Å²) in [5.41, 5.74) is 1.84.